The van der Waals surface area contributed by atoms with E-state index in [2.05, 4.69) is 10.1 Å². The van der Waals surface area contributed by atoms with Gasteiger partial charge in [-0.25, -0.2) is 0 Å². The number of nitrogens with two attached hydrogens (primary N) is 1. The fourth-order valence-corrected chi connectivity index (χ4v) is 1.30. The average Bonchev–Trinajstić information content (AvgIpc) is 2.25. The summed E-state index contributed by atoms with van der Waals surface area (Å²) in [6, 6.07) is 4.29. The van der Waals surface area contributed by atoms with Gasteiger partial charge in [-0.3, -0.25) is 4.79 Å². The van der Waals surface area contributed by atoms with Crippen molar-refractivity contribution in [1.29, 1.82) is 0 Å². The van der Waals surface area contributed by atoms with E-state index in [4.69, 9.17) is 5.73 Å². The number of alkyl halides is 3. The summed E-state index contributed by atoms with van der Waals surface area (Å²) in [6.45, 7) is 3.54. The lowest BCUT2D eigenvalue weighted by Crippen LogP contribution is -2.39. The van der Waals surface area contributed by atoms with Crippen LogP contribution in [0, 0.1) is 5.92 Å². The van der Waals surface area contributed by atoms with E-state index in [1.807, 2.05) is 0 Å². The number of hydrogen-bond donors (Lipinski definition) is 2. The minimum atomic E-state index is -4.77. The Balaban J connectivity index is 0.00000361. The molecule has 0 aromatic heterocycles. The first-order valence-corrected chi connectivity index (χ1v) is 5.61. The van der Waals surface area contributed by atoms with Gasteiger partial charge in [0, 0.05) is 11.8 Å². The lowest BCUT2D eigenvalue weighted by Gasteiger charge is -2.16. The maximum absolute atomic E-state index is 12.0. The lowest BCUT2D eigenvalue weighted by atomic mass is 10.0. The summed E-state index contributed by atoms with van der Waals surface area (Å²) in [6.07, 6.45) is -4.77. The van der Waals surface area contributed by atoms with Crippen LogP contribution in [0.3, 0.4) is 0 Å². The van der Waals surface area contributed by atoms with Gasteiger partial charge in [-0.05, 0) is 18.1 Å². The molecule has 1 aromatic carbocycles. The zero-order valence-corrected chi connectivity index (χ0v) is 11.7. The van der Waals surface area contributed by atoms with Crippen LogP contribution < -0.4 is 15.8 Å². The fourth-order valence-electron chi connectivity index (χ4n) is 1.30. The highest BCUT2D eigenvalue weighted by Gasteiger charge is 2.31. The van der Waals surface area contributed by atoms with Crippen molar-refractivity contribution in [3.05, 3.63) is 24.3 Å². The minimum Gasteiger partial charge on any atom is -0.406 e. The Labute approximate surface area is 120 Å². The predicted octanol–water partition coefficient (Wildman–Crippen LogP) is 2.93. The first kappa shape index (κ1) is 18.5. The first-order chi connectivity index (χ1) is 8.69. The number of carbonyl (C=O) groups excluding carboxylic acids is 1. The van der Waals surface area contributed by atoms with Gasteiger partial charge in [0.15, 0.2) is 0 Å². The van der Waals surface area contributed by atoms with E-state index in [9.17, 15) is 18.0 Å². The van der Waals surface area contributed by atoms with Crippen LogP contribution in [0.1, 0.15) is 13.8 Å². The quantitative estimate of drug-likeness (QED) is 0.898. The van der Waals surface area contributed by atoms with Gasteiger partial charge in [0.2, 0.25) is 5.91 Å². The number of ether oxygens (including phenoxy) is 1. The van der Waals surface area contributed by atoms with Crippen LogP contribution in [-0.4, -0.2) is 18.3 Å². The van der Waals surface area contributed by atoms with E-state index in [0.717, 1.165) is 12.1 Å². The summed E-state index contributed by atoms with van der Waals surface area (Å²) >= 11 is 0. The second kappa shape index (κ2) is 7.35. The highest BCUT2D eigenvalue weighted by atomic mass is 35.5. The Bertz CT molecular complexity index is 453. The summed E-state index contributed by atoms with van der Waals surface area (Å²) in [5.74, 6) is -0.933. The topological polar surface area (TPSA) is 64.4 Å². The normalized spacial score (nSPS) is 12.6. The number of halogens is 4. The molecule has 0 bridgehead atoms. The van der Waals surface area contributed by atoms with Crippen LogP contribution in [0.4, 0.5) is 18.9 Å². The van der Waals surface area contributed by atoms with Crippen molar-refractivity contribution in [3.8, 4) is 5.75 Å². The fraction of sp³-hybridized carbons (Fsp3) is 0.417. The van der Waals surface area contributed by atoms with Gasteiger partial charge in [-0.1, -0.05) is 19.9 Å². The van der Waals surface area contributed by atoms with Crippen LogP contribution in [0.5, 0.6) is 5.75 Å². The van der Waals surface area contributed by atoms with Gasteiger partial charge < -0.3 is 15.8 Å². The standard InChI is InChI=1S/C12H15F3N2O2.ClH/c1-7(2)10(16)11(18)17-8-4-3-5-9(6-8)19-12(13,14)15;/h3-7,10H,16H2,1-2H3,(H,17,18);1H. The molecule has 1 atom stereocenters. The summed E-state index contributed by atoms with van der Waals surface area (Å²) in [4.78, 5) is 11.7. The molecule has 1 amide bonds. The van der Waals surface area contributed by atoms with E-state index in [0.29, 0.717) is 0 Å². The Morgan fingerprint density at radius 3 is 2.45 bits per heavy atom. The van der Waals surface area contributed by atoms with Crippen LogP contribution >= 0.6 is 12.4 Å². The highest BCUT2D eigenvalue weighted by Crippen LogP contribution is 2.25. The molecule has 3 N–H and O–H groups in total. The largest absolute Gasteiger partial charge is 0.573 e. The number of carbonyl (C=O) groups is 1. The molecule has 20 heavy (non-hydrogen) atoms. The zero-order valence-electron chi connectivity index (χ0n) is 10.9. The molecule has 0 aliphatic heterocycles. The van der Waals surface area contributed by atoms with Crippen molar-refractivity contribution in [2.45, 2.75) is 26.3 Å². The molecule has 0 aliphatic carbocycles. The SMILES string of the molecule is CC(C)C(N)C(=O)Nc1cccc(OC(F)(F)F)c1.Cl. The Morgan fingerprint density at radius 1 is 1.35 bits per heavy atom. The molecule has 0 heterocycles. The molecule has 0 saturated carbocycles. The molecule has 0 spiro atoms. The number of amides is 1. The summed E-state index contributed by atoms with van der Waals surface area (Å²) in [5.41, 5.74) is 5.82. The number of benzene rings is 1. The Morgan fingerprint density at radius 2 is 1.95 bits per heavy atom. The van der Waals surface area contributed by atoms with E-state index in [1.54, 1.807) is 13.8 Å². The maximum Gasteiger partial charge on any atom is 0.573 e. The minimum absolute atomic E-state index is 0. The summed E-state index contributed by atoms with van der Waals surface area (Å²) in [7, 11) is 0. The molecule has 1 unspecified atom stereocenters. The Kier molecular flexibility index (Phi) is 6.81. The third-order valence-electron chi connectivity index (χ3n) is 2.36. The van der Waals surface area contributed by atoms with Crippen molar-refractivity contribution in [3.63, 3.8) is 0 Å². The average molecular weight is 313 g/mol. The van der Waals surface area contributed by atoms with Crippen LogP contribution in [0.2, 0.25) is 0 Å². The van der Waals surface area contributed by atoms with Crippen molar-refractivity contribution in [2.24, 2.45) is 11.7 Å². The van der Waals surface area contributed by atoms with E-state index >= 15 is 0 Å². The molecule has 0 saturated heterocycles. The van der Waals surface area contributed by atoms with Gasteiger partial charge in [0.25, 0.3) is 0 Å². The Hall–Kier alpha value is -1.47. The first-order valence-electron chi connectivity index (χ1n) is 5.61. The molecular weight excluding hydrogens is 297 g/mol. The van der Waals surface area contributed by atoms with Crippen molar-refractivity contribution in [1.82, 2.24) is 0 Å². The molecule has 1 aromatic rings. The number of anilines is 1. The molecular formula is C12H16ClF3N2O2. The molecule has 114 valence electrons. The molecule has 4 nitrogen and oxygen atoms in total. The maximum atomic E-state index is 12.0. The van der Waals surface area contributed by atoms with Gasteiger partial charge in [0.05, 0.1) is 6.04 Å². The number of hydrogen-bond acceptors (Lipinski definition) is 3. The van der Waals surface area contributed by atoms with Crippen molar-refractivity contribution in [2.75, 3.05) is 5.32 Å². The van der Waals surface area contributed by atoms with Gasteiger partial charge in [-0.2, -0.15) is 0 Å². The molecule has 1 rings (SSSR count). The van der Waals surface area contributed by atoms with Crippen LogP contribution in [0.15, 0.2) is 24.3 Å². The van der Waals surface area contributed by atoms with Crippen LogP contribution in [0.25, 0.3) is 0 Å². The monoisotopic (exact) mass is 312 g/mol. The smallest absolute Gasteiger partial charge is 0.406 e. The van der Waals surface area contributed by atoms with Gasteiger partial charge in [-0.15, -0.1) is 25.6 Å². The number of rotatable bonds is 4. The van der Waals surface area contributed by atoms with E-state index in [-0.39, 0.29) is 24.0 Å². The lowest BCUT2D eigenvalue weighted by molar-refractivity contribution is -0.274. The predicted molar refractivity (Wildman–Crippen MR) is 71.8 cm³/mol. The third-order valence-corrected chi connectivity index (χ3v) is 2.36. The summed E-state index contributed by atoms with van der Waals surface area (Å²) in [5, 5.41) is 2.44. The van der Waals surface area contributed by atoms with Crippen molar-refractivity contribution >= 4 is 24.0 Å². The van der Waals surface area contributed by atoms with Crippen molar-refractivity contribution < 1.29 is 22.7 Å². The number of nitrogens with one attached hydrogen (secondary N) is 1. The molecule has 8 heteroatoms. The second-order valence-corrected chi connectivity index (χ2v) is 4.33. The third kappa shape index (κ3) is 6.12. The summed E-state index contributed by atoms with van der Waals surface area (Å²) < 4.78 is 39.9. The van der Waals surface area contributed by atoms with E-state index in [1.165, 1.54) is 12.1 Å². The molecule has 0 radical (unpaired) electrons. The highest BCUT2D eigenvalue weighted by molar-refractivity contribution is 5.94. The van der Waals surface area contributed by atoms with Crippen LogP contribution in [-0.2, 0) is 4.79 Å². The molecule has 0 fully saturated rings. The zero-order chi connectivity index (χ0) is 14.6. The van der Waals surface area contributed by atoms with E-state index < -0.39 is 24.1 Å². The van der Waals surface area contributed by atoms with Gasteiger partial charge >= 0.3 is 6.36 Å². The van der Waals surface area contributed by atoms with Gasteiger partial charge in [0.1, 0.15) is 5.75 Å². The molecule has 0 aliphatic rings. The second-order valence-electron chi connectivity index (χ2n) is 4.33.